The normalized spacial score (nSPS) is 26.1. The maximum absolute atomic E-state index is 13.1. The number of rotatable bonds is 7. The lowest BCUT2D eigenvalue weighted by molar-refractivity contribution is -0.133. The third kappa shape index (κ3) is 5.11. The summed E-state index contributed by atoms with van der Waals surface area (Å²) in [6, 6.07) is 8.36. The van der Waals surface area contributed by atoms with Gasteiger partial charge in [-0.05, 0) is 68.4 Å². The van der Waals surface area contributed by atoms with Crippen molar-refractivity contribution < 1.29 is 19.8 Å². The molecule has 154 valence electrons. The van der Waals surface area contributed by atoms with E-state index in [4.69, 9.17) is 0 Å². The summed E-state index contributed by atoms with van der Waals surface area (Å²) in [6.45, 7) is 1.70. The van der Waals surface area contributed by atoms with E-state index in [2.05, 4.69) is 5.32 Å². The SMILES string of the molecule is O=C(NC(C[C@H]1C[C@@H](CO)CC[C@H]1CO)C(=O)N1CCCC1)c1ccccc1. The highest BCUT2D eigenvalue weighted by Crippen LogP contribution is 2.36. The zero-order valence-electron chi connectivity index (χ0n) is 16.4. The van der Waals surface area contributed by atoms with Gasteiger partial charge in [-0.3, -0.25) is 9.59 Å². The molecule has 6 nitrogen and oxygen atoms in total. The van der Waals surface area contributed by atoms with Gasteiger partial charge in [0.1, 0.15) is 6.04 Å². The lowest BCUT2D eigenvalue weighted by atomic mass is 9.72. The number of hydrogen-bond donors (Lipinski definition) is 3. The topological polar surface area (TPSA) is 89.9 Å². The third-order valence-corrected chi connectivity index (χ3v) is 6.34. The van der Waals surface area contributed by atoms with Crippen LogP contribution in [0.15, 0.2) is 30.3 Å². The number of nitrogens with one attached hydrogen (secondary N) is 1. The van der Waals surface area contributed by atoms with Gasteiger partial charge in [0, 0.05) is 31.9 Å². The van der Waals surface area contributed by atoms with Crippen LogP contribution in [0.1, 0.15) is 48.9 Å². The molecule has 0 bridgehead atoms. The van der Waals surface area contributed by atoms with Crippen molar-refractivity contribution in [3.63, 3.8) is 0 Å². The number of carbonyl (C=O) groups excluding carboxylic acids is 2. The predicted octanol–water partition coefficient (Wildman–Crippen LogP) is 1.81. The molecule has 2 fully saturated rings. The van der Waals surface area contributed by atoms with E-state index in [1.54, 1.807) is 24.3 Å². The Hall–Kier alpha value is -1.92. The molecule has 1 saturated carbocycles. The molecule has 1 aliphatic carbocycles. The fraction of sp³-hybridized carbons (Fsp3) is 0.636. The Morgan fingerprint density at radius 1 is 1.04 bits per heavy atom. The van der Waals surface area contributed by atoms with Crippen LogP contribution < -0.4 is 5.32 Å². The summed E-state index contributed by atoms with van der Waals surface area (Å²) in [5.41, 5.74) is 0.539. The number of hydrogen-bond acceptors (Lipinski definition) is 4. The Morgan fingerprint density at radius 3 is 2.39 bits per heavy atom. The maximum atomic E-state index is 13.1. The van der Waals surface area contributed by atoms with E-state index in [1.807, 2.05) is 11.0 Å². The molecule has 1 saturated heterocycles. The lowest BCUT2D eigenvalue weighted by Gasteiger charge is -2.37. The molecule has 0 spiro atoms. The highest BCUT2D eigenvalue weighted by atomic mass is 16.3. The largest absolute Gasteiger partial charge is 0.396 e. The van der Waals surface area contributed by atoms with Gasteiger partial charge >= 0.3 is 0 Å². The second-order valence-electron chi connectivity index (χ2n) is 8.22. The highest BCUT2D eigenvalue weighted by molar-refractivity contribution is 5.97. The van der Waals surface area contributed by atoms with Crippen molar-refractivity contribution in [2.24, 2.45) is 17.8 Å². The van der Waals surface area contributed by atoms with E-state index >= 15 is 0 Å². The number of carbonyl (C=O) groups is 2. The summed E-state index contributed by atoms with van der Waals surface area (Å²) in [5, 5.41) is 22.3. The molecule has 0 radical (unpaired) electrons. The van der Waals surface area contributed by atoms with Crippen LogP contribution in [-0.2, 0) is 4.79 Å². The van der Waals surface area contributed by atoms with Crippen molar-refractivity contribution in [2.45, 2.75) is 44.6 Å². The van der Waals surface area contributed by atoms with Crippen molar-refractivity contribution in [3.05, 3.63) is 35.9 Å². The van der Waals surface area contributed by atoms with Gasteiger partial charge in [-0.1, -0.05) is 18.2 Å². The van der Waals surface area contributed by atoms with E-state index in [1.165, 1.54) is 0 Å². The van der Waals surface area contributed by atoms with Crippen molar-refractivity contribution in [3.8, 4) is 0 Å². The first-order valence-electron chi connectivity index (χ1n) is 10.5. The predicted molar refractivity (Wildman–Crippen MR) is 107 cm³/mol. The molecule has 3 rings (SSSR count). The summed E-state index contributed by atoms with van der Waals surface area (Å²) >= 11 is 0. The Bertz CT molecular complexity index is 645. The first-order valence-corrected chi connectivity index (χ1v) is 10.5. The minimum atomic E-state index is -0.595. The molecule has 1 aliphatic heterocycles. The van der Waals surface area contributed by atoms with Crippen LogP contribution in [0.4, 0.5) is 0 Å². The monoisotopic (exact) mass is 388 g/mol. The van der Waals surface area contributed by atoms with Crippen LogP contribution in [0.3, 0.4) is 0 Å². The lowest BCUT2D eigenvalue weighted by Crippen LogP contribution is -2.49. The highest BCUT2D eigenvalue weighted by Gasteiger charge is 2.36. The average Bonchev–Trinajstić information content (AvgIpc) is 3.28. The Kier molecular flexibility index (Phi) is 7.45. The molecule has 4 atom stereocenters. The molecule has 1 unspecified atom stereocenters. The standard InChI is InChI=1S/C22H32N2O4/c25-14-16-8-9-18(15-26)19(12-16)13-20(22(28)24-10-4-5-11-24)23-21(27)17-6-2-1-3-7-17/h1-3,6-7,16,18-20,25-26H,4-5,8-15H2,(H,23,27)/t16-,18-,19+,20?/m0/s1. The van der Waals surface area contributed by atoms with E-state index in [0.29, 0.717) is 12.0 Å². The van der Waals surface area contributed by atoms with Gasteiger partial charge in [-0.25, -0.2) is 0 Å². The maximum Gasteiger partial charge on any atom is 0.251 e. The van der Waals surface area contributed by atoms with Gasteiger partial charge < -0.3 is 20.4 Å². The molecule has 2 amide bonds. The van der Waals surface area contributed by atoms with E-state index < -0.39 is 6.04 Å². The molecule has 1 heterocycles. The molecule has 3 N–H and O–H groups in total. The van der Waals surface area contributed by atoms with Crippen molar-refractivity contribution in [1.82, 2.24) is 10.2 Å². The van der Waals surface area contributed by atoms with Crippen LogP contribution in [0.5, 0.6) is 0 Å². The number of nitrogens with zero attached hydrogens (tertiary/aromatic N) is 1. The number of aliphatic hydroxyl groups is 2. The van der Waals surface area contributed by atoms with Gasteiger partial charge in [0.15, 0.2) is 0 Å². The van der Waals surface area contributed by atoms with Gasteiger partial charge in [0.25, 0.3) is 5.91 Å². The Morgan fingerprint density at radius 2 is 1.75 bits per heavy atom. The number of likely N-dealkylation sites (tertiary alicyclic amines) is 1. The molecule has 6 heteroatoms. The van der Waals surface area contributed by atoms with Gasteiger partial charge in [0.2, 0.25) is 5.91 Å². The number of amides is 2. The quantitative estimate of drug-likeness (QED) is 0.665. The average molecular weight is 389 g/mol. The zero-order chi connectivity index (χ0) is 19.9. The van der Waals surface area contributed by atoms with Gasteiger partial charge in [-0.2, -0.15) is 0 Å². The van der Waals surface area contributed by atoms with E-state index in [-0.39, 0.29) is 42.8 Å². The number of aliphatic hydroxyl groups excluding tert-OH is 2. The minimum absolute atomic E-state index is 0.0235. The van der Waals surface area contributed by atoms with Crippen molar-refractivity contribution in [1.29, 1.82) is 0 Å². The molecule has 1 aromatic carbocycles. The summed E-state index contributed by atoms with van der Waals surface area (Å²) in [7, 11) is 0. The smallest absolute Gasteiger partial charge is 0.251 e. The summed E-state index contributed by atoms with van der Waals surface area (Å²) in [5.74, 6) is 0.173. The fourth-order valence-corrected chi connectivity index (χ4v) is 4.63. The fourth-order valence-electron chi connectivity index (χ4n) is 4.63. The Balaban J connectivity index is 1.74. The molecule has 1 aromatic rings. The van der Waals surface area contributed by atoms with Crippen LogP contribution in [0, 0.1) is 17.8 Å². The first kappa shape index (κ1) is 20.8. The third-order valence-electron chi connectivity index (χ3n) is 6.34. The summed E-state index contributed by atoms with van der Waals surface area (Å²) in [6.07, 6.45) is 5.05. The summed E-state index contributed by atoms with van der Waals surface area (Å²) in [4.78, 5) is 27.7. The second kappa shape index (κ2) is 10.0. The first-order chi connectivity index (χ1) is 13.6. The van der Waals surface area contributed by atoms with Crippen LogP contribution in [-0.4, -0.2) is 59.3 Å². The Labute approximate surface area is 166 Å². The molecular weight excluding hydrogens is 356 g/mol. The minimum Gasteiger partial charge on any atom is -0.396 e. The second-order valence-corrected chi connectivity index (χ2v) is 8.22. The van der Waals surface area contributed by atoms with E-state index in [9.17, 15) is 19.8 Å². The molecule has 28 heavy (non-hydrogen) atoms. The van der Waals surface area contributed by atoms with Crippen molar-refractivity contribution in [2.75, 3.05) is 26.3 Å². The van der Waals surface area contributed by atoms with Crippen molar-refractivity contribution >= 4 is 11.8 Å². The molecular formula is C22H32N2O4. The van der Waals surface area contributed by atoms with Gasteiger partial charge in [0.05, 0.1) is 0 Å². The van der Waals surface area contributed by atoms with Gasteiger partial charge in [-0.15, -0.1) is 0 Å². The van der Waals surface area contributed by atoms with Crippen LogP contribution in [0.25, 0.3) is 0 Å². The van der Waals surface area contributed by atoms with E-state index in [0.717, 1.165) is 45.2 Å². The van der Waals surface area contributed by atoms with Crippen LogP contribution >= 0.6 is 0 Å². The molecule has 2 aliphatic rings. The number of benzene rings is 1. The summed E-state index contributed by atoms with van der Waals surface area (Å²) < 4.78 is 0. The molecule has 0 aromatic heterocycles. The van der Waals surface area contributed by atoms with Crippen LogP contribution in [0.2, 0.25) is 0 Å². The zero-order valence-corrected chi connectivity index (χ0v) is 16.4.